The van der Waals surface area contributed by atoms with Crippen molar-refractivity contribution in [1.29, 1.82) is 0 Å². The van der Waals surface area contributed by atoms with Crippen LogP contribution < -0.4 is 10.6 Å². The number of benzene rings is 1. The molecule has 22 heavy (non-hydrogen) atoms. The summed E-state index contributed by atoms with van der Waals surface area (Å²) in [6.45, 7) is 4.06. The molecule has 0 spiro atoms. The van der Waals surface area contributed by atoms with E-state index in [2.05, 4.69) is 43.0 Å². The molecule has 0 radical (unpaired) electrons. The first-order valence-corrected chi connectivity index (χ1v) is 8.34. The molecule has 0 aliphatic rings. The van der Waals surface area contributed by atoms with Crippen molar-refractivity contribution in [3.8, 4) is 0 Å². The summed E-state index contributed by atoms with van der Waals surface area (Å²) in [6, 6.07) is 8.49. The van der Waals surface area contributed by atoms with Gasteiger partial charge in [0.25, 0.3) is 0 Å². The van der Waals surface area contributed by atoms with Crippen LogP contribution >= 0.6 is 51.2 Å². The van der Waals surface area contributed by atoms with Gasteiger partial charge in [-0.25, -0.2) is 9.38 Å². The van der Waals surface area contributed by atoms with Gasteiger partial charge in [-0.1, -0.05) is 12.1 Å². The molecule has 1 aromatic heterocycles. The summed E-state index contributed by atoms with van der Waals surface area (Å²) >= 11 is 5.14. The highest BCUT2D eigenvalue weighted by atomic mass is 127. The Morgan fingerprint density at radius 3 is 2.59 bits per heavy atom. The highest BCUT2D eigenvalue weighted by molar-refractivity contribution is 14.0. The molecular weight excluding hydrogens is 480 g/mol. The summed E-state index contributed by atoms with van der Waals surface area (Å²) in [7, 11) is 0. The minimum atomic E-state index is -0.226. The van der Waals surface area contributed by atoms with Crippen LogP contribution in [-0.4, -0.2) is 12.5 Å². The van der Waals surface area contributed by atoms with Crippen molar-refractivity contribution in [3.63, 3.8) is 0 Å². The standard InChI is InChI=1S/C15H17BrFN3S.HI/c1-2-18-15(20-9-14-7-12(16)10-21-14)19-8-11-3-5-13(17)6-4-11;/h3-7,10H,2,8-9H2,1H3,(H2,18,19,20);1H. The largest absolute Gasteiger partial charge is 0.357 e. The van der Waals surface area contributed by atoms with Crippen molar-refractivity contribution >= 4 is 57.2 Å². The summed E-state index contributed by atoms with van der Waals surface area (Å²) in [5.41, 5.74) is 0.979. The molecule has 1 heterocycles. The minimum Gasteiger partial charge on any atom is -0.357 e. The molecule has 2 rings (SSSR count). The zero-order valence-corrected chi connectivity index (χ0v) is 16.8. The molecule has 1 aromatic carbocycles. The third kappa shape index (κ3) is 6.62. The Morgan fingerprint density at radius 1 is 1.27 bits per heavy atom. The fourth-order valence-corrected chi connectivity index (χ4v) is 3.11. The first-order chi connectivity index (χ1) is 10.2. The molecule has 2 aromatic rings. The van der Waals surface area contributed by atoms with Gasteiger partial charge in [0, 0.05) is 21.3 Å². The van der Waals surface area contributed by atoms with Crippen LogP contribution in [0.25, 0.3) is 0 Å². The lowest BCUT2D eigenvalue weighted by Gasteiger charge is -2.10. The van der Waals surface area contributed by atoms with Crippen LogP contribution in [0.15, 0.2) is 45.2 Å². The lowest BCUT2D eigenvalue weighted by molar-refractivity contribution is 0.627. The topological polar surface area (TPSA) is 36.4 Å². The van der Waals surface area contributed by atoms with Crippen molar-refractivity contribution in [2.45, 2.75) is 20.0 Å². The van der Waals surface area contributed by atoms with Gasteiger partial charge in [-0.2, -0.15) is 0 Å². The van der Waals surface area contributed by atoms with Crippen molar-refractivity contribution < 1.29 is 4.39 Å². The number of nitrogens with zero attached hydrogens (tertiary/aromatic N) is 1. The fourth-order valence-electron chi connectivity index (χ4n) is 1.72. The number of rotatable bonds is 5. The van der Waals surface area contributed by atoms with Crippen molar-refractivity contribution in [1.82, 2.24) is 10.6 Å². The highest BCUT2D eigenvalue weighted by Gasteiger charge is 2.01. The summed E-state index contributed by atoms with van der Waals surface area (Å²) < 4.78 is 13.9. The minimum absolute atomic E-state index is 0. The lowest BCUT2D eigenvalue weighted by Crippen LogP contribution is -2.36. The third-order valence-electron chi connectivity index (χ3n) is 2.73. The summed E-state index contributed by atoms with van der Waals surface area (Å²) in [5.74, 6) is 0.530. The number of hydrogen-bond acceptors (Lipinski definition) is 2. The van der Waals surface area contributed by atoms with E-state index in [1.807, 2.05) is 6.92 Å². The SMILES string of the molecule is CCNC(=NCc1ccc(F)cc1)NCc1cc(Br)cs1.I. The predicted octanol–water partition coefficient (Wildman–Crippen LogP) is 4.52. The Kier molecular flexibility index (Phi) is 8.96. The predicted molar refractivity (Wildman–Crippen MR) is 105 cm³/mol. The van der Waals surface area contributed by atoms with Crippen molar-refractivity contribution in [2.75, 3.05) is 6.54 Å². The summed E-state index contributed by atoms with van der Waals surface area (Å²) in [6.07, 6.45) is 0. The molecule has 120 valence electrons. The number of halogens is 3. The molecule has 0 bridgehead atoms. The molecule has 0 fully saturated rings. The van der Waals surface area contributed by atoms with Gasteiger partial charge in [0.1, 0.15) is 5.82 Å². The van der Waals surface area contributed by atoms with Crippen molar-refractivity contribution in [2.24, 2.45) is 4.99 Å². The third-order valence-corrected chi connectivity index (χ3v) is 4.43. The molecular formula is C15H18BrFIN3S. The molecule has 2 N–H and O–H groups in total. The average molecular weight is 498 g/mol. The molecule has 3 nitrogen and oxygen atoms in total. The molecule has 0 atom stereocenters. The highest BCUT2D eigenvalue weighted by Crippen LogP contribution is 2.19. The number of hydrogen-bond donors (Lipinski definition) is 2. The second-order valence-electron chi connectivity index (χ2n) is 4.41. The Bertz CT molecular complexity index is 601. The number of aliphatic imine (C=N–C) groups is 1. The zero-order chi connectivity index (χ0) is 15.1. The van der Waals surface area contributed by atoms with E-state index in [0.29, 0.717) is 6.54 Å². The Labute approximate surface area is 159 Å². The van der Waals surface area contributed by atoms with Crippen molar-refractivity contribution in [3.05, 3.63) is 56.4 Å². The van der Waals surface area contributed by atoms with E-state index in [1.165, 1.54) is 17.0 Å². The van der Waals surface area contributed by atoms with E-state index >= 15 is 0 Å². The normalized spacial score (nSPS) is 11.0. The summed E-state index contributed by atoms with van der Waals surface area (Å²) in [4.78, 5) is 5.73. The molecule has 0 saturated heterocycles. The van der Waals surface area contributed by atoms with Crippen LogP contribution in [0.5, 0.6) is 0 Å². The van der Waals surface area contributed by atoms with E-state index in [9.17, 15) is 4.39 Å². The van der Waals surface area contributed by atoms with E-state index < -0.39 is 0 Å². The van der Waals surface area contributed by atoms with Crippen LogP contribution in [0.3, 0.4) is 0 Å². The molecule has 7 heteroatoms. The number of thiophene rings is 1. The first-order valence-electron chi connectivity index (χ1n) is 6.67. The number of nitrogens with one attached hydrogen (secondary N) is 2. The van der Waals surface area contributed by atoms with Gasteiger partial charge in [-0.3, -0.25) is 0 Å². The van der Waals surface area contributed by atoms with Crippen LogP contribution in [0.4, 0.5) is 4.39 Å². The molecule has 0 aliphatic heterocycles. The fraction of sp³-hybridized carbons (Fsp3) is 0.267. The maximum Gasteiger partial charge on any atom is 0.191 e. The van der Waals surface area contributed by atoms with Gasteiger partial charge < -0.3 is 10.6 Å². The van der Waals surface area contributed by atoms with E-state index in [0.717, 1.165) is 29.1 Å². The van der Waals surface area contributed by atoms with Gasteiger partial charge in [-0.05, 0) is 46.6 Å². The van der Waals surface area contributed by atoms with Gasteiger partial charge in [0.15, 0.2) is 5.96 Å². The van der Waals surface area contributed by atoms with Gasteiger partial charge >= 0.3 is 0 Å². The van der Waals surface area contributed by atoms with Gasteiger partial charge in [-0.15, -0.1) is 35.3 Å². The second-order valence-corrected chi connectivity index (χ2v) is 6.32. The molecule has 0 amide bonds. The average Bonchev–Trinajstić information content (AvgIpc) is 2.89. The monoisotopic (exact) mass is 497 g/mol. The first kappa shape index (κ1) is 19.4. The quantitative estimate of drug-likeness (QED) is 0.362. The van der Waals surface area contributed by atoms with Gasteiger partial charge in [0.05, 0.1) is 13.1 Å². The maximum absolute atomic E-state index is 12.9. The summed E-state index contributed by atoms with van der Waals surface area (Å²) in [5, 5.41) is 8.54. The zero-order valence-electron chi connectivity index (χ0n) is 12.1. The van der Waals surface area contributed by atoms with Crippen LogP contribution in [-0.2, 0) is 13.1 Å². The molecule has 0 saturated carbocycles. The van der Waals surface area contributed by atoms with E-state index in [4.69, 9.17) is 0 Å². The lowest BCUT2D eigenvalue weighted by atomic mass is 10.2. The Morgan fingerprint density at radius 2 is 2.00 bits per heavy atom. The molecule has 0 unspecified atom stereocenters. The van der Waals surface area contributed by atoms with Crippen LogP contribution in [0.2, 0.25) is 0 Å². The van der Waals surface area contributed by atoms with E-state index in [1.54, 1.807) is 23.5 Å². The Hall–Kier alpha value is -0.670. The van der Waals surface area contributed by atoms with Crippen LogP contribution in [0.1, 0.15) is 17.4 Å². The van der Waals surface area contributed by atoms with E-state index in [-0.39, 0.29) is 29.8 Å². The maximum atomic E-state index is 12.9. The second kappa shape index (κ2) is 10.2. The van der Waals surface area contributed by atoms with Gasteiger partial charge in [0.2, 0.25) is 0 Å². The van der Waals surface area contributed by atoms with Crippen LogP contribution in [0, 0.1) is 5.82 Å². The smallest absolute Gasteiger partial charge is 0.191 e. The number of guanidine groups is 1. The molecule has 0 aliphatic carbocycles. The Balaban J connectivity index is 0.00000242.